The number of para-hydroxylation sites is 1. The van der Waals surface area contributed by atoms with E-state index in [1.807, 2.05) is 0 Å². The third-order valence-electron chi connectivity index (χ3n) is 5.05. The van der Waals surface area contributed by atoms with Gasteiger partial charge in [0.05, 0.1) is 6.04 Å². The molecule has 0 fully saturated rings. The van der Waals surface area contributed by atoms with Crippen LogP contribution in [0, 0.1) is 6.92 Å². The van der Waals surface area contributed by atoms with Gasteiger partial charge in [0.25, 0.3) is 0 Å². The van der Waals surface area contributed by atoms with E-state index in [4.69, 9.17) is 0 Å². The third-order valence-corrected chi connectivity index (χ3v) is 5.05. The van der Waals surface area contributed by atoms with Gasteiger partial charge in [0.15, 0.2) is 0 Å². The fourth-order valence-corrected chi connectivity index (χ4v) is 3.75. The second kappa shape index (κ2) is 6.52. The first-order valence-electron chi connectivity index (χ1n) is 8.76. The van der Waals surface area contributed by atoms with Gasteiger partial charge < -0.3 is 4.90 Å². The Hall–Kier alpha value is -2.54. The quantitative estimate of drug-likeness (QED) is 0.631. The van der Waals surface area contributed by atoms with Crippen molar-refractivity contribution in [2.24, 2.45) is 0 Å². The summed E-state index contributed by atoms with van der Waals surface area (Å²) in [5.74, 6) is 0. The lowest BCUT2D eigenvalue weighted by molar-refractivity contribution is 0.579. The number of anilines is 1. The van der Waals surface area contributed by atoms with Crippen molar-refractivity contribution < 1.29 is 0 Å². The van der Waals surface area contributed by atoms with Crippen molar-refractivity contribution in [2.75, 3.05) is 11.4 Å². The lowest BCUT2D eigenvalue weighted by Gasteiger charge is -2.39. The summed E-state index contributed by atoms with van der Waals surface area (Å²) in [5.41, 5.74) is 7.03. The summed E-state index contributed by atoms with van der Waals surface area (Å²) >= 11 is 0. The van der Waals surface area contributed by atoms with E-state index in [9.17, 15) is 0 Å². The Bertz CT molecular complexity index is 805. The zero-order chi connectivity index (χ0) is 16.4. The van der Waals surface area contributed by atoms with Gasteiger partial charge >= 0.3 is 0 Å². The molecule has 0 aliphatic carbocycles. The van der Waals surface area contributed by atoms with Crippen LogP contribution in [0.5, 0.6) is 0 Å². The Morgan fingerprint density at radius 2 is 1.54 bits per heavy atom. The molecule has 1 nitrogen and oxygen atoms in total. The SMILES string of the molecule is Cc1ccc(CC2c3ccccc3CCN2c2ccccc2)cc1. The maximum atomic E-state index is 2.57. The van der Waals surface area contributed by atoms with E-state index in [1.165, 1.54) is 27.9 Å². The van der Waals surface area contributed by atoms with Crippen LogP contribution in [-0.4, -0.2) is 6.54 Å². The normalized spacial score (nSPS) is 16.7. The van der Waals surface area contributed by atoms with E-state index in [0.29, 0.717) is 6.04 Å². The first kappa shape index (κ1) is 15.0. The van der Waals surface area contributed by atoms with E-state index in [1.54, 1.807) is 0 Å². The monoisotopic (exact) mass is 313 g/mol. The molecule has 0 saturated carbocycles. The highest BCUT2D eigenvalue weighted by Crippen LogP contribution is 2.35. The predicted molar refractivity (Wildman–Crippen MR) is 102 cm³/mol. The highest BCUT2D eigenvalue weighted by Gasteiger charge is 2.27. The van der Waals surface area contributed by atoms with Gasteiger partial charge in [-0.1, -0.05) is 72.3 Å². The standard InChI is InChI=1S/C23H23N/c1-18-11-13-19(14-12-18)17-23-22-10-6-5-7-20(22)15-16-24(23)21-8-3-2-4-9-21/h2-14,23H,15-17H2,1H3. The Kier molecular flexibility index (Phi) is 4.08. The van der Waals surface area contributed by atoms with E-state index in [-0.39, 0.29) is 0 Å². The minimum Gasteiger partial charge on any atom is -0.364 e. The molecule has 120 valence electrons. The Morgan fingerprint density at radius 1 is 0.833 bits per heavy atom. The summed E-state index contributed by atoms with van der Waals surface area (Å²) < 4.78 is 0. The van der Waals surface area contributed by atoms with Gasteiger partial charge in [-0.15, -0.1) is 0 Å². The molecule has 0 saturated heterocycles. The lowest BCUT2D eigenvalue weighted by Crippen LogP contribution is -2.36. The van der Waals surface area contributed by atoms with E-state index in [0.717, 1.165) is 19.4 Å². The first-order chi connectivity index (χ1) is 11.8. The molecule has 0 N–H and O–H groups in total. The molecule has 1 unspecified atom stereocenters. The van der Waals surface area contributed by atoms with Gasteiger partial charge in [-0.25, -0.2) is 0 Å². The van der Waals surface area contributed by atoms with Crippen LogP contribution in [0.3, 0.4) is 0 Å². The fourth-order valence-electron chi connectivity index (χ4n) is 3.75. The molecule has 1 heterocycles. The van der Waals surface area contributed by atoms with Crippen LogP contribution >= 0.6 is 0 Å². The highest BCUT2D eigenvalue weighted by atomic mass is 15.2. The minimum absolute atomic E-state index is 0.403. The Labute approximate surface area is 144 Å². The van der Waals surface area contributed by atoms with Crippen LogP contribution in [0.2, 0.25) is 0 Å². The van der Waals surface area contributed by atoms with Crippen molar-refractivity contribution >= 4 is 5.69 Å². The average molecular weight is 313 g/mol. The second-order valence-electron chi connectivity index (χ2n) is 6.68. The number of rotatable bonds is 3. The lowest BCUT2D eigenvalue weighted by atomic mass is 9.88. The van der Waals surface area contributed by atoms with Crippen molar-refractivity contribution in [1.29, 1.82) is 0 Å². The van der Waals surface area contributed by atoms with Crippen LogP contribution in [0.15, 0.2) is 78.9 Å². The van der Waals surface area contributed by atoms with Crippen LogP contribution in [0.25, 0.3) is 0 Å². The number of nitrogens with zero attached hydrogens (tertiary/aromatic N) is 1. The summed E-state index contributed by atoms with van der Waals surface area (Å²) in [7, 11) is 0. The summed E-state index contributed by atoms with van der Waals surface area (Å²) in [6.07, 6.45) is 2.17. The van der Waals surface area contributed by atoms with Gasteiger partial charge in [0, 0.05) is 12.2 Å². The summed E-state index contributed by atoms with van der Waals surface area (Å²) in [6.45, 7) is 3.23. The predicted octanol–water partition coefficient (Wildman–Crippen LogP) is 5.34. The van der Waals surface area contributed by atoms with Crippen LogP contribution in [0.1, 0.15) is 28.3 Å². The van der Waals surface area contributed by atoms with Gasteiger partial charge in [0.1, 0.15) is 0 Å². The summed E-state index contributed by atoms with van der Waals surface area (Å²) in [6, 6.07) is 29.2. The van der Waals surface area contributed by atoms with Crippen LogP contribution in [-0.2, 0) is 12.8 Å². The number of benzene rings is 3. The average Bonchev–Trinajstić information content (AvgIpc) is 2.64. The van der Waals surface area contributed by atoms with Crippen molar-refractivity contribution in [3.8, 4) is 0 Å². The maximum absolute atomic E-state index is 2.57. The van der Waals surface area contributed by atoms with Crippen LogP contribution in [0.4, 0.5) is 5.69 Å². The van der Waals surface area contributed by atoms with E-state index >= 15 is 0 Å². The number of aryl methyl sites for hydroxylation is 1. The summed E-state index contributed by atoms with van der Waals surface area (Å²) in [4.78, 5) is 2.57. The molecule has 1 aliphatic heterocycles. The molecule has 0 aromatic heterocycles. The second-order valence-corrected chi connectivity index (χ2v) is 6.68. The molecule has 3 aromatic carbocycles. The fraction of sp³-hybridized carbons (Fsp3) is 0.217. The molecule has 3 aromatic rings. The molecule has 0 spiro atoms. The van der Waals surface area contributed by atoms with Crippen molar-refractivity contribution in [2.45, 2.75) is 25.8 Å². The Balaban J connectivity index is 1.73. The largest absolute Gasteiger partial charge is 0.364 e. The molecule has 0 amide bonds. The number of hydrogen-bond donors (Lipinski definition) is 0. The van der Waals surface area contributed by atoms with Gasteiger partial charge in [-0.05, 0) is 48.6 Å². The van der Waals surface area contributed by atoms with E-state index < -0.39 is 0 Å². The highest BCUT2D eigenvalue weighted by molar-refractivity contribution is 5.52. The molecule has 1 atom stereocenters. The molecule has 1 heteroatoms. The maximum Gasteiger partial charge on any atom is 0.0585 e. The molecule has 1 aliphatic rings. The number of fused-ring (bicyclic) bond motifs is 1. The zero-order valence-corrected chi connectivity index (χ0v) is 14.2. The van der Waals surface area contributed by atoms with Crippen molar-refractivity contribution in [1.82, 2.24) is 0 Å². The van der Waals surface area contributed by atoms with Gasteiger partial charge in [-0.2, -0.15) is 0 Å². The molecular formula is C23H23N. The first-order valence-corrected chi connectivity index (χ1v) is 8.76. The third kappa shape index (κ3) is 2.94. The number of hydrogen-bond acceptors (Lipinski definition) is 1. The topological polar surface area (TPSA) is 3.24 Å². The van der Waals surface area contributed by atoms with Crippen molar-refractivity contribution in [3.63, 3.8) is 0 Å². The molecule has 0 radical (unpaired) electrons. The molecular weight excluding hydrogens is 290 g/mol. The van der Waals surface area contributed by atoms with Crippen molar-refractivity contribution in [3.05, 3.63) is 101 Å². The van der Waals surface area contributed by atoms with E-state index in [2.05, 4.69) is 90.7 Å². The molecule has 0 bridgehead atoms. The minimum atomic E-state index is 0.403. The Morgan fingerprint density at radius 3 is 2.33 bits per heavy atom. The van der Waals surface area contributed by atoms with Gasteiger partial charge in [0.2, 0.25) is 0 Å². The zero-order valence-electron chi connectivity index (χ0n) is 14.2. The smallest absolute Gasteiger partial charge is 0.0585 e. The summed E-state index contributed by atoms with van der Waals surface area (Å²) in [5, 5.41) is 0. The van der Waals surface area contributed by atoms with Gasteiger partial charge in [-0.3, -0.25) is 0 Å². The molecule has 24 heavy (non-hydrogen) atoms. The van der Waals surface area contributed by atoms with Crippen LogP contribution < -0.4 is 4.90 Å². The molecule has 4 rings (SSSR count).